The molecule has 1 aromatic heterocycles. The second-order valence-electron chi connectivity index (χ2n) is 6.98. The molecule has 0 unspecified atom stereocenters. The van der Waals surface area contributed by atoms with Crippen LogP contribution in [0.5, 0.6) is 0 Å². The van der Waals surface area contributed by atoms with E-state index in [4.69, 9.17) is 4.98 Å². The van der Waals surface area contributed by atoms with Crippen molar-refractivity contribution in [3.63, 3.8) is 0 Å². The zero-order valence-corrected chi connectivity index (χ0v) is 14.3. The van der Waals surface area contributed by atoms with Crippen molar-refractivity contribution >= 4 is 17.1 Å². The Balaban J connectivity index is 2.58. The average Bonchev–Trinajstić information content (AvgIpc) is 2.77. The van der Waals surface area contributed by atoms with Crippen LogP contribution in [0.15, 0.2) is 24.3 Å². The van der Waals surface area contributed by atoms with Crippen molar-refractivity contribution in [1.82, 2.24) is 9.55 Å². The first-order chi connectivity index (χ1) is 9.88. The number of imidazole rings is 1. The second-order valence-corrected chi connectivity index (χ2v) is 6.98. The van der Waals surface area contributed by atoms with Gasteiger partial charge in [0.25, 0.3) is 0 Å². The van der Waals surface area contributed by atoms with Crippen LogP contribution in [0.3, 0.4) is 0 Å². The van der Waals surface area contributed by atoms with E-state index >= 15 is 0 Å². The van der Waals surface area contributed by atoms with Gasteiger partial charge in [0.1, 0.15) is 5.82 Å². The number of allylic oxidation sites excluding steroid dienone is 1. The molecule has 1 aromatic carbocycles. The Hall–Kier alpha value is -1.57. The van der Waals surface area contributed by atoms with Crippen molar-refractivity contribution in [2.24, 2.45) is 5.41 Å². The molecule has 0 aliphatic rings. The van der Waals surface area contributed by atoms with Crippen molar-refractivity contribution in [3.8, 4) is 0 Å². The number of hydrogen-bond donors (Lipinski definition) is 0. The number of nitrogens with zero attached hydrogens (tertiary/aromatic N) is 2. The minimum atomic E-state index is 0.291. The van der Waals surface area contributed by atoms with Gasteiger partial charge in [-0.1, -0.05) is 52.8 Å². The van der Waals surface area contributed by atoms with Gasteiger partial charge in [-0.15, -0.1) is 0 Å². The van der Waals surface area contributed by atoms with Gasteiger partial charge < -0.3 is 4.57 Å². The molecular formula is C19H28N2. The van der Waals surface area contributed by atoms with E-state index in [0.29, 0.717) is 11.3 Å². The summed E-state index contributed by atoms with van der Waals surface area (Å²) >= 11 is 0. The molecule has 0 radical (unpaired) electrons. The summed E-state index contributed by atoms with van der Waals surface area (Å²) < 4.78 is 2.42. The van der Waals surface area contributed by atoms with Crippen LogP contribution in [-0.2, 0) is 6.54 Å². The van der Waals surface area contributed by atoms with Crippen molar-refractivity contribution in [2.75, 3.05) is 0 Å². The summed E-state index contributed by atoms with van der Waals surface area (Å²) in [6.45, 7) is 14.4. The maximum atomic E-state index is 4.90. The Morgan fingerprint density at radius 3 is 2.57 bits per heavy atom. The van der Waals surface area contributed by atoms with Gasteiger partial charge >= 0.3 is 0 Å². The number of fused-ring (bicyclic) bond motifs is 1. The molecule has 0 saturated carbocycles. The molecular weight excluding hydrogens is 256 g/mol. The topological polar surface area (TPSA) is 17.8 Å². The first-order valence-electron chi connectivity index (χ1n) is 8.01. The lowest BCUT2D eigenvalue weighted by Crippen LogP contribution is -2.20. The fourth-order valence-electron chi connectivity index (χ4n) is 2.61. The van der Waals surface area contributed by atoms with Crippen LogP contribution in [0, 0.1) is 5.41 Å². The van der Waals surface area contributed by atoms with E-state index in [9.17, 15) is 0 Å². The quantitative estimate of drug-likeness (QED) is 0.696. The van der Waals surface area contributed by atoms with Crippen molar-refractivity contribution < 1.29 is 0 Å². The smallest absolute Gasteiger partial charge is 0.112 e. The molecule has 21 heavy (non-hydrogen) atoms. The lowest BCUT2D eigenvalue weighted by molar-refractivity contribution is 0.293. The predicted molar refractivity (Wildman–Crippen MR) is 92.6 cm³/mol. The molecule has 1 heterocycles. The molecule has 2 heteroatoms. The minimum absolute atomic E-state index is 0.291. The summed E-state index contributed by atoms with van der Waals surface area (Å²) in [5.74, 6) is 1.64. The molecule has 0 aliphatic carbocycles. The molecule has 0 aliphatic heterocycles. The summed E-state index contributed by atoms with van der Waals surface area (Å²) in [6.07, 6.45) is 5.37. The molecule has 0 bridgehead atoms. The van der Waals surface area contributed by atoms with Gasteiger partial charge in [0, 0.05) is 12.5 Å². The number of aromatic nitrogens is 2. The monoisotopic (exact) mass is 284 g/mol. The molecule has 0 amide bonds. The van der Waals surface area contributed by atoms with E-state index in [-0.39, 0.29) is 0 Å². The van der Waals surface area contributed by atoms with E-state index in [1.54, 1.807) is 0 Å². The third-order valence-electron chi connectivity index (χ3n) is 4.22. The lowest BCUT2D eigenvalue weighted by Gasteiger charge is -2.25. The first-order valence-corrected chi connectivity index (χ1v) is 8.01. The molecule has 0 fully saturated rings. The predicted octanol–water partition coefficient (Wildman–Crippen LogP) is 5.63. The van der Waals surface area contributed by atoms with E-state index in [0.717, 1.165) is 12.1 Å². The van der Waals surface area contributed by atoms with Gasteiger partial charge in [-0.25, -0.2) is 4.98 Å². The van der Waals surface area contributed by atoms with Gasteiger partial charge in [0.15, 0.2) is 0 Å². The van der Waals surface area contributed by atoms with Gasteiger partial charge in [-0.05, 0) is 36.5 Å². The van der Waals surface area contributed by atoms with Crippen LogP contribution in [-0.4, -0.2) is 9.55 Å². The Morgan fingerprint density at radius 1 is 1.29 bits per heavy atom. The zero-order chi connectivity index (χ0) is 15.6. The van der Waals surface area contributed by atoms with Gasteiger partial charge in [-0.3, -0.25) is 0 Å². The molecule has 0 N–H and O–H groups in total. The fourth-order valence-corrected chi connectivity index (χ4v) is 2.61. The molecule has 0 spiro atoms. The largest absolute Gasteiger partial charge is 0.327 e. The summed E-state index contributed by atoms with van der Waals surface area (Å²) in [4.78, 5) is 4.90. The highest BCUT2D eigenvalue weighted by Crippen LogP contribution is 2.29. The maximum Gasteiger partial charge on any atom is 0.112 e. The third-order valence-corrected chi connectivity index (χ3v) is 4.22. The summed E-state index contributed by atoms with van der Waals surface area (Å²) in [6, 6.07) is 6.59. The minimum Gasteiger partial charge on any atom is -0.327 e. The molecule has 114 valence electrons. The van der Waals surface area contributed by atoms with E-state index in [1.165, 1.54) is 23.3 Å². The van der Waals surface area contributed by atoms with Gasteiger partial charge in [0.2, 0.25) is 0 Å². The number of hydrogen-bond acceptors (Lipinski definition) is 1. The Kier molecular flexibility index (Phi) is 4.55. The van der Waals surface area contributed by atoms with Crippen LogP contribution in [0.2, 0.25) is 0 Å². The molecule has 2 aromatic rings. The number of rotatable bonds is 5. The van der Waals surface area contributed by atoms with E-state index in [2.05, 4.69) is 69.5 Å². The van der Waals surface area contributed by atoms with Crippen molar-refractivity contribution in [3.05, 3.63) is 35.7 Å². The molecule has 2 nitrogen and oxygen atoms in total. The standard InChI is InChI=1S/C19H28N2/c1-7-9-15-10-11-17-16(12-15)20-18(14(3)4)21(17)13-19(5,6)8-2/h7,9-12,14H,8,13H2,1-6H3/b9-7+. The third kappa shape index (κ3) is 3.37. The normalized spacial score (nSPS) is 12.9. The van der Waals surface area contributed by atoms with Crippen LogP contribution in [0.4, 0.5) is 0 Å². The van der Waals surface area contributed by atoms with Crippen LogP contribution in [0.1, 0.15) is 65.3 Å². The van der Waals surface area contributed by atoms with E-state index in [1.807, 2.05) is 6.92 Å². The van der Waals surface area contributed by atoms with Crippen LogP contribution in [0.25, 0.3) is 17.1 Å². The Bertz CT molecular complexity index is 645. The highest BCUT2D eigenvalue weighted by Gasteiger charge is 2.21. The maximum absolute atomic E-state index is 4.90. The van der Waals surface area contributed by atoms with Crippen LogP contribution < -0.4 is 0 Å². The number of benzene rings is 1. The molecule has 0 saturated heterocycles. The second kappa shape index (κ2) is 6.05. The SMILES string of the molecule is C/C=C/c1ccc2c(c1)nc(C(C)C)n2CC(C)(C)CC. The summed E-state index contributed by atoms with van der Waals surface area (Å²) in [5.41, 5.74) is 3.88. The highest BCUT2D eigenvalue weighted by molar-refractivity contribution is 5.79. The zero-order valence-electron chi connectivity index (χ0n) is 14.3. The molecule has 0 atom stereocenters. The molecule has 2 rings (SSSR count). The average molecular weight is 284 g/mol. The van der Waals surface area contributed by atoms with Gasteiger partial charge in [-0.2, -0.15) is 0 Å². The summed E-state index contributed by atoms with van der Waals surface area (Å²) in [5, 5.41) is 0. The highest BCUT2D eigenvalue weighted by atomic mass is 15.1. The lowest BCUT2D eigenvalue weighted by atomic mass is 9.90. The van der Waals surface area contributed by atoms with Crippen LogP contribution >= 0.6 is 0 Å². The first kappa shape index (κ1) is 15.8. The Morgan fingerprint density at radius 2 is 2.00 bits per heavy atom. The van der Waals surface area contributed by atoms with Crippen molar-refractivity contribution in [1.29, 1.82) is 0 Å². The fraction of sp³-hybridized carbons (Fsp3) is 0.526. The van der Waals surface area contributed by atoms with Gasteiger partial charge in [0.05, 0.1) is 11.0 Å². The van der Waals surface area contributed by atoms with Crippen molar-refractivity contribution in [2.45, 2.75) is 60.4 Å². The summed E-state index contributed by atoms with van der Waals surface area (Å²) in [7, 11) is 0. The van der Waals surface area contributed by atoms with E-state index < -0.39 is 0 Å². The Labute approximate surface area is 128 Å².